The summed E-state index contributed by atoms with van der Waals surface area (Å²) in [5.74, 6) is 0. The van der Waals surface area contributed by atoms with Crippen molar-refractivity contribution in [2.24, 2.45) is 5.73 Å². The van der Waals surface area contributed by atoms with E-state index in [-0.39, 0.29) is 0 Å². The van der Waals surface area contributed by atoms with Gasteiger partial charge in [0.15, 0.2) is 0 Å². The zero-order valence-electron chi connectivity index (χ0n) is 11.1. The molecule has 1 aromatic rings. The first-order valence-electron chi connectivity index (χ1n) is 6.29. The Morgan fingerprint density at radius 2 is 1.50 bits per heavy atom. The third-order valence-electron chi connectivity index (χ3n) is 2.53. The second-order valence-corrected chi connectivity index (χ2v) is 4.01. The Bertz CT molecular complexity index is 300. The van der Waals surface area contributed by atoms with Crippen molar-refractivity contribution in [3.05, 3.63) is 35.4 Å². The standard InChI is InChI=1S/C14H23NO3/c1-16-8-9-17-10-11-18-12-14-4-2-13(3-5-14)6-7-15/h2-5H,6-12,15H2,1H3. The van der Waals surface area contributed by atoms with Crippen LogP contribution in [0.25, 0.3) is 0 Å². The van der Waals surface area contributed by atoms with Gasteiger partial charge < -0.3 is 19.9 Å². The first-order valence-corrected chi connectivity index (χ1v) is 6.29. The Morgan fingerprint density at radius 3 is 2.17 bits per heavy atom. The molecule has 2 N–H and O–H groups in total. The Kier molecular flexibility index (Phi) is 8.42. The second kappa shape index (κ2) is 10.0. The van der Waals surface area contributed by atoms with Crippen LogP contribution in [-0.4, -0.2) is 40.1 Å². The molecule has 0 radical (unpaired) electrons. The van der Waals surface area contributed by atoms with Crippen molar-refractivity contribution in [2.45, 2.75) is 13.0 Å². The molecule has 0 unspecified atom stereocenters. The van der Waals surface area contributed by atoms with Gasteiger partial charge in [-0.05, 0) is 24.1 Å². The van der Waals surface area contributed by atoms with Gasteiger partial charge in [-0.2, -0.15) is 0 Å². The summed E-state index contributed by atoms with van der Waals surface area (Å²) in [6.45, 7) is 3.77. The zero-order chi connectivity index (χ0) is 13.1. The van der Waals surface area contributed by atoms with Gasteiger partial charge in [-0.3, -0.25) is 0 Å². The summed E-state index contributed by atoms with van der Waals surface area (Å²) in [4.78, 5) is 0. The van der Waals surface area contributed by atoms with Crippen molar-refractivity contribution in [3.8, 4) is 0 Å². The van der Waals surface area contributed by atoms with Crippen LogP contribution in [0.2, 0.25) is 0 Å². The minimum Gasteiger partial charge on any atom is -0.382 e. The second-order valence-electron chi connectivity index (χ2n) is 4.01. The highest BCUT2D eigenvalue weighted by Gasteiger charge is 1.95. The Morgan fingerprint density at radius 1 is 0.889 bits per heavy atom. The van der Waals surface area contributed by atoms with E-state index in [1.54, 1.807) is 7.11 Å². The van der Waals surface area contributed by atoms with Gasteiger partial charge in [0.05, 0.1) is 33.0 Å². The molecular formula is C14H23NO3. The van der Waals surface area contributed by atoms with Crippen LogP contribution in [0.5, 0.6) is 0 Å². The minimum absolute atomic E-state index is 0.605. The fraction of sp³-hybridized carbons (Fsp3) is 0.571. The van der Waals surface area contributed by atoms with Crippen LogP contribution < -0.4 is 5.73 Å². The predicted molar refractivity (Wildman–Crippen MR) is 71.6 cm³/mol. The predicted octanol–water partition coefficient (Wildman–Crippen LogP) is 1.37. The lowest BCUT2D eigenvalue weighted by atomic mass is 10.1. The normalized spacial score (nSPS) is 10.8. The topological polar surface area (TPSA) is 53.7 Å². The summed E-state index contributed by atoms with van der Waals surface area (Å²) in [7, 11) is 1.66. The summed E-state index contributed by atoms with van der Waals surface area (Å²) < 4.78 is 15.7. The van der Waals surface area contributed by atoms with Crippen LogP contribution in [-0.2, 0) is 27.2 Å². The Balaban J connectivity index is 2.08. The van der Waals surface area contributed by atoms with Crippen LogP contribution in [0, 0.1) is 0 Å². The molecule has 0 aliphatic rings. The molecule has 0 aromatic heterocycles. The van der Waals surface area contributed by atoms with Gasteiger partial charge in [0.1, 0.15) is 0 Å². The van der Waals surface area contributed by atoms with Crippen molar-refractivity contribution in [1.29, 1.82) is 0 Å². The van der Waals surface area contributed by atoms with Crippen molar-refractivity contribution in [3.63, 3.8) is 0 Å². The number of hydrogen-bond acceptors (Lipinski definition) is 4. The van der Waals surface area contributed by atoms with Gasteiger partial charge in [-0.1, -0.05) is 24.3 Å². The molecular weight excluding hydrogens is 230 g/mol. The van der Waals surface area contributed by atoms with Crippen LogP contribution >= 0.6 is 0 Å². The van der Waals surface area contributed by atoms with E-state index < -0.39 is 0 Å². The average Bonchev–Trinajstić information content (AvgIpc) is 2.40. The van der Waals surface area contributed by atoms with Gasteiger partial charge in [0.2, 0.25) is 0 Å². The maximum Gasteiger partial charge on any atom is 0.0718 e. The lowest BCUT2D eigenvalue weighted by molar-refractivity contribution is 0.0199. The lowest BCUT2D eigenvalue weighted by Crippen LogP contribution is -2.08. The molecule has 0 amide bonds. The summed E-state index contributed by atoms with van der Waals surface area (Å²) in [5.41, 5.74) is 7.94. The monoisotopic (exact) mass is 253 g/mol. The van der Waals surface area contributed by atoms with Crippen molar-refractivity contribution in [1.82, 2.24) is 0 Å². The van der Waals surface area contributed by atoms with Crippen molar-refractivity contribution < 1.29 is 14.2 Å². The van der Waals surface area contributed by atoms with E-state index in [9.17, 15) is 0 Å². The van der Waals surface area contributed by atoms with Crippen LogP contribution in [0.1, 0.15) is 11.1 Å². The molecule has 0 heterocycles. The molecule has 0 aliphatic carbocycles. The van der Waals surface area contributed by atoms with Crippen LogP contribution in [0.3, 0.4) is 0 Å². The first-order chi connectivity index (χ1) is 8.86. The maximum atomic E-state index is 5.51. The number of benzene rings is 1. The van der Waals surface area contributed by atoms with E-state index in [0.717, 1.165) is 6.42 Å². The third-order valence-corrected chi connectivity index (χ3v) is 2.53. The molecule has 0 spiro atoms. The van der Waals surface area contributed by atoms with Gasteiger partial charge in [0, 0.05) is 7.11 Å². The number of hydrogen-bond donors (Lipinski definition) is 1. The number of methoxy groups -OCH3 is 1. The lowest BCUT2D eigenvalue weighted by Gasteiger charge is -2.06. The molecule has 0 fully saturated rings. The molecule has 18 heavy (non-hydrogen) atoms. The molecule has 102 valence electrons. The molecule has 0 saturated heterocycles. The van der Waals surface area contributed by atoms with Gasteiger partial charge in [-0.25, -0.2) is 0 Å². The van der Waals surface area contributed by atoms with E-state index in [2.05, 4.69) is 24.3 Å². The maximum absolute atomic E-state index is 5.51. The third kappa shape index (κ3) is 6.71. The van der Waals surface area contributed by atoms with Gasteiger partial charge in [-0.15, -0.1) is 0 Å². The average molecular weight is 253 g/mol. The summed E-state index contributed by atoms with van der Waals surface area (Å²) in [6.07, 6.45) is 0.925. The Hall–Kier alpha value is -0.940. The van der Waals surface area contributed by atoms with Crippen molar-refractivity contribution >= 4 is 0 Å². The number of ether oxygens (including phenoxy) is 3. The fourth-order valence-corrected chi connectivity index (χ4v) is 1.52. The van der Waals surface area contributed by atoms with E-state index >= 15 is 0 Å². The molecule has 0 saturated carbocycles. The highest BCUT2D eigenvalue weighted by atomic mass is 16.5. The first kappa shape index (κ1) is 15.1. The summed E-state index contributed by atoms with van der Waals surface area (Å²) >= 11 is 0. The van der Waals surface area contributed by atoms with Crippen molar-refractivity contribution in [2.75, 3.05) is 40.1 Å². The van der Waals surface area contributed by atoms with Crippen LogP contribution in [0.4, 0.5) is 0 Å². The molecule has 1 rings (SSSR count). The highest BCUT2D eigenvalue weighted by Crippen LogP contribution is 2.06. The highest BCUT2D eigenvalue weighted by molar-refractivity contribution is 5.22. The Labute approximate surface area is 109 Å². The van der Waals surface area contributed by atoms with Gasteiger partial charge in [0.25, 0.3) is 0 Å². The molecule has 0 aliphatic heterocycles. The molecule has 4 nitrogen and oxygen atoms in total. The summed E-state index contributed by atoms with van der Waals surface area (Å²) in [5, 5.41) is 0. The fourth-order valence-electron chi connectivity index (χ4n) is 1.52. The van der Waals surface area contributed by atoms with Crippen LogP contribution in [0.15, 0.2) is 24.3 Å². The van der Waals surface area contributed by atoms with E-state index in [1.165, 1.54) is 11.1 Å². The molecule has 4 heteroatoms. The molecule has 1 aromatic carbocycles. The molecule has 0 atom stereocenters. The largest absolute Gasteiger partial charge is 0.382 e. The SMILES string of the molecule is COCCOCCOCc1ccc(CCN)cc1. The summed E-state index contributed by atoms with van der Waals surface area (Å²) in [6, 6.07) is 8.36. The smallest absolute Gasteiger partial charge is 0.0718 e. The number of nitrogens with two attached hydrogens (primary N) is 1. The molecule has 0 bridgehead atoms. The van der Waals surface area contributed by atoms with E-state index in [4.69, 9.17) is 19.9 Å². The van der Waals surface area contributed by atoms with Gasteiger partial charge >= 0.3 is 0 Å². The van der Waals surface area contributed by atoms with E-state index in [0.29, 0.717) is 39.6 Å². The zero-order valence-corrected chi connectivity index (χ0v) is 11.1. The number of rotatable bonds is 10. The quantitative estimate of drug-likeness (QED) is 0.640. The minimum atomic E-state index is 0.605. The van der Waals surface area contributed by atoms with E-state index in [1.807, 2.05) is 0 Å².